The van der Waals surface area contributed by atoms with Gasteiger partial charge in [0.1, 0.15) is 11.6 Å². The first kappa shape index (κ1) is 8.73. The second kappa shape index (κ2) is 2.82. The van der Waals surface area contributed by atoms with Crippen LogP contribution < -0.4 is 0 Å². The van der Waals surface area contributed by atoms with Gasteiger partial charge in [0, 0.05) is 18.4 Å². The van der Waals surface area contributed by atoms with Crippen molar-refractivity contribution in [3.8, 4) is 0 Å². The molecule has 3 heteroatoms. The Morgan fingerprint density at radius 2 is 2.15 bits per heavy atom. The second-order valence-corrected chi connectivity index (χ2v) is 4.43. The highest BCUT2D eigenvalue weighted by atomic mass is 15.3. The summed E-state index contributed by atoms with van der Waals surface area (Å²) in [4.78, 5) is 0. The molecule has 0 unspecified atom stereocenters. The molecular formula is C10H17N3. The minimum absolute atomic E-state index is 0.176. The van der Waals surface area contributed by atoms with E-state index in [2.05, 4.69) is 35.5 Å². The van der Waals surface area contributed by atoms with Crippen LogP contribution in [0.2, 0.25) is 0 Å². The number of aryl methyl sites for hydroxylation is 1. The van der Waals surface area contributed by atoms with E-state index in [0.29, 0.717) is 0 Å². The third-order valence-corrected chi connectivity index (χ3v) is 3.10. The van der Waals surface area contributed by atoms with Crippen LogP contribution in [0.15, 0.2) is 0 Å². The van der Waals surface area contributed by atoms with Gasteiger partial charge in [0.05, 0.1) is 0 Å². The quantitative estimate of drug-likeness (QED) is 0.694. The molecule has 1 aromatic rings. The highest BCUT2D eigenvalue weighted by Gasteiger charge is 2.28. The fraction of sp³-hybridized carbons (Fsp3) is 0.800. The Hall–Kier alpha value is -0.860. The molecule has 2 rings (SSSR count). The molecule has 0 radical (unpaired) electrons. The summed E-state index contributed by atoms with van der Waals surface area (Å²) in [5.74, 6) is 2.35. The molecule has 0 aromatic carbocycles. The smallest absolute Gasteiger partial charge is 0.138 e. The monoisotopic (exact) mass is 179 g/mol. The van der Waals surface area contributed by atoms with Gasteiger partial charge < -0.3 is 4.57 Å². The lowest BCUT2D eigenvalue weighted by atomic mass is 9.89. The van der Waals surface area contributed by atoms with Crippen molar-refractivity contribution in [1.82, 2.24) is 14.8 Å². The maximum Gasteiger partial charge on any atom is 0.138 e. The van der Waals surface area contributed by atoms with Gasteiger partial charge in [0.25, 0.3) is 0 Å². The highest BCUT2D eigenvalue weighted by molar-refractivity contribution is 5.09. The zero-order valence-electron chi connectivity index (χ0n) is 8.67. The fourth-order valence-electron chi connectivity index (χ4n) is 1.81. The molecule has 3 nitrogen and oxygen atoms in total. The molecule has 1 aliphatic heterocycles. The van der Waals surface area contributed by atoms with Crippen molar-refractivity contribution in [2.24, 2.45) is 0 Å². The molecule has 0 bridgehead atoms. The Morgan fingerprint density at radius 3 is 2.85 bits per heavy atom. The van der Waals surface area contributed by atoms with E-state index in [4.69, 9.17) is 0 Å². The fourth-order valence-corrected chi connectivity index (χ4v) is 1.81. The van der Waals surface area contributed by atoms with Gasteiger partial charge in [0.2, 0.25) is 0 Å². The maximum atomic E-state index is 4.29. The van der Waals surface area contributed by atoms with Crippen LogP contribution in [0.4, 0.5) is 0 Å². The lowest BCUT2D eigenvalue weighted by molar-refractivity contribution is 0.446. The van der Waals surface area contributed by atoms with E-state index in [0.717, 1.165) is 19.4 Å². The Labute approximate surface area is 79.2 Å². The van der Waals surface area contributed by atoms with E-state index < -0.39 is 0 Å². The van der Waals surface area contributed by atoms with Crippen LogP contribution in [0.5, 0.6) is 0 Å². The molecule has 0 N–H and O–H groups in total. The van der Waals surface area contributed by atoms with Gasteiger partial charge in [-0.25, -0.2) is 0 Å². The van der Waals surface area contributed by atoms with Gasteiger partial charge in [-0.15, -0.1) is 10.2 Å². The summed E-state index contributed by atoms with van der Waals surface area (Å²) in [6.45, 7) is 7.79. The SMILES string of the molecule is CCC(C)(C)c1nnc2n1CCC2. The summed E-state index contributed by atoms with van der Waals surface area (Å²) in [6.07, 6.45) is 3.45. The number of fused-ring (bicyclic) bond motifs is 1. The van der Waals surface area contributed by atoms with Crippen LogP contribution in [0, 0.1) is 0 Å². The van der Waals surface area contributed by atoms with Crippen molar-refractivity contribution in [3.63, 3.8) is 0 Å². The van der Waals surface area contributed by atoms with Crippen molar-refractivity contribution in [3.05, 3.63) is 11.6 Å². The van der Waals surface area contributed by atoms with E-state index in [1.807, 2.05) is 0 Å². The van der Waals surface area contributed by atoms with Gasteiger partial charge in [0.15, 0.2) is 0 Å². The van der Waals surface area contributed by atoms with Crippen LogP contribution in [-0.4, -0.2) is 14.8 Å². The Kier molecular flexibility index (Phi) is 1.90. The van der Waals surface area contributed by atoms with Gasteiger partial charge in [-0.1, -0.05) is 20.8 Å². The zero-order chi connectivity index (χ0) is 9.47. The summed E-state index contributed by atoms with van der Waals surface area (Å²) in [5, 5.41) is 8.52. The molecule has 0 spiro atoms. The third kappa shape index (κ3) is 1.26. The third-order valence-electron chi connectivity index (χ3n) is 3.10. The highest BCUT2D eigenvalue weighted by Crippen LogP contribution is 2.27. The van der Waals surface area contributed by atoms with Crippen LogP contribution in [0.1, 0.15) is 45.3 Å². The van der Waals surface area contributed by atoms with E-state index in [-0.39, 0.29) is 5.41 Å². The molecule has 2 heterocycles. The summed E-state index contributed by atoms with van der Waals surface area (Å²) in [5.41, 5.74) is 0.176. The summed E-state index contributed by atoms with van der Waals surface area (Å²) < 4.78 is 2.30. The number of nitrogens with zero attached hydrogens (tertiary/aromatic N) is 3. The molecule has 0 atom stereocenters. The number of hydrogen-bond donors (Lipinski definition) is 0. The second-order valence-electron chi connectivity index (χ2n) is 4.43. The van der Waals surface area contributed by atoms with Gasteiger partial charge in [-0.05, 0) is 12.8 Å². The summed E-state index contributed by atoms with van der Waals surface area (Å²) >= 11 is 0. The molecule has 72 valence electrons. The number of aromatic nitrogens is 3. The van der Waals surface area contributed by atoms with Crippen molar-refractivity contribution in [2.45, 2.75) is 52.0 Å². The molecule has 1 aromatic heterocycles. The lowest BCUT2D eigenvalue weighted by Gasteiger charge is -2.21. The van der Waals surface area contributed by atoms with E-state index in [1.54, 1.807) is 0 Å². The van der Waals surface area contributed by atoms with Crippen LogP contribution in [-0.2, 0) is 18.4 Å². The van der Waals surface area contributed by atoms with Crippen LogP contribution in [0.3, 0.4) is 0 Å². The van der Waals surface area contributed by atoms with Crippen molar-refractivity contribution in [2.75, 3.05) is 0 Å². The summed E-state index contributed by atoms with van der Waals surface area (Å²) in [7, 11) is 0. The average molecular weight is 179 g/mol. The van der Waals surface area contributed by atoms with E-state index in [9.17, 15) is 0 Å². The van der Waals surface area contributed by atoms with Crippen LogP contribution >= 0.6 is 0 Å². The predicted octanol–water partition coefficient (Wildman–Crippen LogP) is 1.91. The molecule has 0 amide bonds. The molecule has 0 saturated carbocycles. The first-order valence-electron chi connectivity index (χ1n) is 5.07. The molecule has 1 aliphatic rings. The number of rotatable bonds is 2. The lowest BCUT2D eigenvalue weighted by Crippen LogP contribution is -2.21. The molecular weight excluding hydrogens is 162 g/mol. The first-order chi connectivity index (χ1) is 6.15. The van der Waals surface area contributed by atoms with Gasteiger partial charge >= 0.3 is 0 Å². The molecule has 0 saturated heterocycles. The van der Waals surface area contributed by atoms with Gasteiger partial charge in [-0.3, -0.25) is 0 Å². The minimum Gasteiger partial charge on any atom is -0.315 e. The largest absolute Gasteiger partial charge is 0.315 e. The van der Waals surface area contributed by atoms with E-state index in [1.165, 1.54) is 18.1 Å². The standard InChI is InChI=1S/C10H17N3/c1-4-10(2,3)9-12-11-8-6-5-7-13(8)9/h4-7H2,1-3H3. The minimum atomic E-state index is 0.176. The Morgan fingerprint density at radius 1 is 1.38 bits per heavy atom. The maximum absolute atomic E-state index is 4.29. The Balaban J connectivity index is 2.41. The number of hydrogen-bond acceptors (Lipinski definition) is 2. The predicted molar refractivity (Wildman–Crippen MR) is 51.7 cm³/mol. The first-order valence-corrected chi connectivity index (χ1v) is 5.07. The molecule has 0 aliphatic carbocycles. The topological polar surface area (TPSA) is 30.7 Å². The average Bonchev–Trinajstić information content (AvgIpc) is 2.62. The van der Waals surface area contributed by atoms with Gasteiger partial charge in [-0.2, -0.15) is 0 Å². The molecule has 0 fully saturated rings. The van der Waals surface area contributed by atoms with Crippen LogP contribution in [0.25, 0.3) is 0 Å². The molecule has 13 heavy (non-hydrogen) atoms. The Bertz CT molecular complexity index is 312. The summed E-state index contributed by atoms with van der Waals surface area (Å²) in [6, 6.07) is 0. The van der Waals surface area contributed by atoms with E-state index >= 15 is 0 Å². The van der Waals surface area contributed by atoms with Crippen molar-refractivity contribution in [1.29, 1.82) is 0 Å². The van der Waals surface area contributed by atoms with Crippen molar-refractivity contribution >= 4 is 0 Å². The normalized spacial score (nSPS) is 16.2. The zero-order valence-corrected chi connectivity index (χ0v) is 8.67. The van der Waals surface area contributed by atoms with Crippen molar-refractivity contribution < 1.29 is 0 Å².